The summed E-state index contributed by atoms with van der Waals surface area (Å²) in [5.74, 6) is -2.02. The summed E-state index contributed by atoms with van der Waals surface area (Å²) in [6.45, 7) is 0.336. The molecule has 0 radical (unpaired) electrons. The maximum Gasteiger partial charge on any atom is 0.305 e. The van der Waals surface area contributed by atoms with Gasteiger partial charge >= 0.3 is 5.97 Å². The van der Waals surface area contributed by atoms with Crippen molar-refractivity contribution < 1.29 is 23.9 Å². The highest BCUT2D eigenvalue weighted by atomic mass is 32.1. The molecule has 0 fully saturated rings. The summed E-state index contributed by atoms with van der Waals surface area (Å²) in [5.41, 5.74) is 1.10. The van der Waals surface area contributed by atoms with E-state index in [1.54, 1.807) is 16.8 Å². The average molecular weight is 378 g/mol. The van der Waals surface area contributed by atoms with Crippen LogP contribution in [0.3, 0.4) is 0 Å². The van der Waals surface area contributed by atoms with Gasteiger partial charge in [-0.05, 0) is 35.6 Å². The highest BCUT2D eigenvalue weighted by molar-refractivity contribution is 7.08. The first-order valence-electron chi connectivity index (χ1n) is 8.02. The maximum absolute atomic E-state index is 13.0. The number of halogens is 1. The third-order valence-corrected chi connectivity index (χ3v) is 4.32. The number of hydrogen-bond acceptors (Lipinski definition) is 4. The predicted molar refractivity (Wildman–Crippen MR) is 95.4 cm³/mol. The van der Waals surface area contributed by atoms with Crippen molar-refractivity contribution in [3.63, 3.8) is 0 Å². The van der Waals surface area contributed by atoms with Crippen molar-refractivity contribution >= 4 is 29.1 Å². The van der Waals surface area contributed by atoms with Crippen molar-refractivity contribution in [1.29, 1.82) is 0 Å². The van der Waals surface area contributed by atoms with Gasteiger partial charge in [0.2, 0.25) is 5.91 Å². The largest absolute Gasteiger partial charge is 0.481 e. The Hall–Kier alpha value is -2.74. The number of amides is 2. The van der Waals surface area contributed by atoms with E-state index < -0.39 is 17.8 Å². The first kappa shape index (κ1) is 19.6. The molecule has 0 aliphatic heterocycles. The summed E-state index contributed by atoms with van der Waals surface area (Å²) < 4.78 is 13.0. The molecular weight excluding hydrogens is 359 g/mol. The third-order valence-electron chi connectivity index (χ3n) is 3.64. The Bertz CT molecular complexity index is 747. The molecule has 138 valence electrons. The summed E-state index contributed by atoms with van der Waals surface area (Å²) in [4.78, 5) is 34.8. The van der Waals surface area contributed by atoms with Gasteiger partial charge in [0.15, 0.2) is 0 Å². The molecule has 2 aromatic rings. The van der Waals surface area contributed by atoms with E-state index in [1.807, 2.05) is 0 Å². The standard InChI is InChI=1S/C18H19FN2O4S/c19-14-5-3-12(4-6-14)15(10-17(23)24)21-16(22)2-1-8-20-18(25)13-7-9-26-11-13/h3-7,9,11,15H,1-2,8,10H2,(H,20,25)(H,21,22)(H,23,24). The molecule has 1 unspecified atom stereocenters. The second kappa shape index (κ2) is 9.67. The number of benzene rings is 1. The van der Waals surface area contributed by atoms with Gasteiger partial charge in [-0.15, -0.1) is 0 Å². The van der Waals surface area contributed by atoms with Gasteiger partial charge in [-0.1, -0.05) is 12.1 Å². The van der Waals surface area contributed by atoms with Crippen LogP contribution < -0.4 is 10.6 Å². The monoisotopic (exact) mass is 378 g/mol. The number of carboxylic acids is 1. The highest BCUT2D eigenvalue weighted by Gasteiger charge is 2.18. The van der Waals surface area contributed by atoms with E-state index in [1.165, 1.54) is 35.6 Å². The SMILES string of the molecule is O=C(O)CC(NC(=O)CCCNC(=O)c1ccsc1)c1ccc(F)cc1. The van der Waals surface area contributed by atoms with E-state index in [0.29, 0.717) is 24.1 Å². The van der Waals surface area contributed by atoms with E-state index in [-0.39, 0.29) is 24.7 Å². The number of rotatable bonds is 9. The molecular formula is C18H19FN2O4S. The lowest BCUT2D eigenvalue weighted by Gasteiger charge is -2.17. The molecule has 2 rings (SSSR count). The van der Waals surface area contributed by atoms with Gasteiger partial charge in [0.05, 0.1) is 12.5 Å². The molecule has 0 spiro atoms. The van der Waals surface area contributed by atoms with Crippen LogP contribution in [-0.2, 0) is 9.59 Å². The molecule has 8 heteroatoms. The molecule has 1 heterocycles. The lowest BCUT2D eigenvalue weighted by Crippen LogP contribution is -2.31. The van der Waals surface area contributed by atoms with Crippen molar-refractivity contribution in [3.8, 4) is 0 Å². The number of carbonyl (C=O) groups excluding carboxylic acids is 2. The molecule has 0 saturated carbocycles. The van der Waals surface area contributed by atoms with Gasteiger partial charge in [-0.3, -0.25) is 14.4 Å². The Balaban J connectivity index is 1.80. The summed E-state index contributed by atoms with van der Waals surface area (Å²) >= 11 is 1.43. The molecule has 0 saturated heterocycles. The van der Waals surface area contributed by atoms with Gasteiger partial charge in [-0.25, -0.2) is 4.39 Å². The minimum absolute atomic E-state index is 0.140. The lowest BCUT2D eigenvalue weighted by molar-refractivity contribution is -0.137. The molecule has 0 aliphatic rings. The Kier molecular flexibility index (Phi) is 7.28. The van der Waals surface area contributed by atoms with Crippen LogP contribution in [0.2, 0.25) is 0 Å². The molecule has 26 heavy (non-hydrogen) atoms. The van der Waals surface area contributed by atoms with Crippen molar-refractivity contribution in [1.82, 2.24) is 10.6 Å². The number of nitrogens with one attached hydrogen (secondary N) is 2. The van der Waals surface area contributed by atoms with Crippen molar-refractivity contribution in [2.24, 2.45) is 0 Å². The Morgan fingerprint density at radius 3 is 2.50 bits per heavy atom. The van der Waals surface area contributed by atoms with Crippen LogP contribution >= 0.6 is 11.3 Å². The second-order valence-corrected chi connectivity index (χ2v) is 6.42. The number of hydrogen-bond donors (Lipinski definition) is 3. The summed E-state index contributed by atoms with van der Waals surface area (Å²) in [5, 5.41) is 17.9. The van der Waals surface area contributed by atoms with Crippen LogP contribution in [-0.4, -0.2) is 29.4 Å². The topological polar surface area (TPSA) is 95.5 Å². The van der Waals surface area contributed by atoms with Crippen LogP contribution in [0.15, 0.2) is 41.1 Å². The normalized spacial score (nSPS) is 11.6. The fourth-order valence-electron chi connectivity index (χ4n) is 2.34. The Morgan fingerprint density at radius 1 is 1.15 bits per heavy atom. The molecule has 0 bridgehead atoms. The maximum atomic E-state index is 13.0. The average Bonchev–Trinajstić information content (AvgIpc) is 3.13. The number of carbonyl (C=O) groups is 3. The molecule has 1 atom stereocenters. The minimum Gasteiger partial charge on any atom is -0.481 e. The van der Waals surface area contributed by atoms with E-state index in [4.69, 9.17) is 5.11 Å². The highest BCUT2D eigenvalue weighted by Crippen LogP contribution is 2.17. The third kappa shape index (κ3) is 6.29. The van der Waals surface area contributed by atoms with Gasteiger partial charge in [0.1, 0.15) is 5.82 Å². The fraction of sp³-hybridized carbons (Fsp3) is 0.278. The quantitative estimate of drug-likeness (QED) is 0.585. The smallest absolute Gasteiger partial charge is 0.305 e. The fourth-order valence-corrected chi connectivity index (χ4v) is 2.97. The van der Waals surface area contributed by atoms with E-state index in [9.17, 15) is 18.8 Å². The zero-order chi connectivity index (χ0) is 18.9. The summed E-state index contributed by atoms with van der Waals surface area (Å²) in [6, 6.07) is 6.31. The molecule has 1 aromatic carbocycles. The van der Waals surface area contributed by atoms with Crippen LogP contribution in [0.4, 0.5) is 4.39 Å². The number of carboxylic acid groups (broad SMARTS) is 1. The lowest BCUT2D eigenvalue weighted by atomic mass is 10.0. The molecule has 6 nitrogen and oxygen atoms in total. The van der Waals surface area contributed by atoms with Crippen LogP contribution in [0.5, 0.6) is 0 Å². The summed E-state index contributed by atoms with van der Waals surface area (Å²) in [6.07, 6.45) is 0.262. The second-order valence-electron chi connectivity index (χ2n) is 5.64. The number of aliphatic carboxylic acids is 1. The van der Waals surface area contributed by atoms with E-state index >= 15 is 0 Å². The van der Waals surface area contributed by atoms with Crippen LogP contribution in [0.1, 0.15) is 41.2 Å². The van der Waals surface area contributed by atoms with Crippen LogP contribution in [0, 0.1) is 5.82 Å². The molecule has 2 amide bonds. The van der Waals surface area contributed by atoms with E-state index in [0.717, 1.165) is 0 Å². The van der Waals surface area contributed by atoms with Gasteiger partial charge in [0, 0.05) is 23.9 Å². The first-order valence-corrected chi connectivity index (χ1v) is 8.97. The first-order chi connectivity index (χ1) is 12.5. The Morgan fingerprint density at radius 2 is 1.88 bits per heavy atom. The van der Waals surface area contributed by atoms with Gasteiger partial charge in [-0.2, -0.15) is 11.3 Å². The molecule has 1 aromatic heterocycles. The van der Waals surface area contributed by atoms with Crippen LogP contribution in [0.25, 0.3) is 0 Å². The number of thiophene rings is 1. The molecule has 0 aliphatic carbocycles. The van der Waals surface area contributed by atoms with Gasteiger partial charge < -0.3 is 15.7 Å². The predicted octanol–water partition coefficient (Wildman–Crippen LogP) is 2.73. The van der Waals surface area contributed by atoms with Crippen molar-refractivity contribution in [2.75, 3.05) is 6.54 Å². The van der Waals surface area contributed by atoms with Gasteiger partial charge in [0.25, 0.3) is 5.91 Å². The van der Waals surface area contributed by atoms with Crippen molar-refractivity contribution in [2.45, 2.75) is 25.3 Å². The molecule has 3 N–H and O–H groups in total. The summed E-state index contributed by atoms with van der Waals surface area (Å²) in [7, 11) is 0. The zero-order valence-corrected chi connectivity index (χ0v) is 14.7. The Labute approximate surface area is 154 Å². The zero-order valence-electron chi connectivity index (χ0n) is 13.9. The van der Waals surface area contributed by atoms with Crippen molar-refractivity contribution in [3.05, 3.63) is 58.0 Å². The minimum atomic E-state index is -1.07. The van der Waals surface area contributed by atoms with E-state index in [2.05, 4.69) is 10.6 Å².